The third kappa shape index (κ3) is 3.74. The zero-order valence-corrected chi connectivity index (χ0v) is 13.0. The van der Waals surface area contributed by atoms with E-state index < -0.39 is 0 Å². The van der Waals surface area contributed by atoms with Gasteiger partial charge in [-0.15, -0.1) is 0 Å². The molecule has 2 atom stereocenters. The smallest absolute Gasteiger partial charge is 0.238 e. The highest BCUT2D eigenvalue weighted by molar-refractivity contribution is 6.32. The van der Waals surface area contributed by atoms with E-state index in [0.717, 1.165) is 24.9 Å². The minimum Gasteiger partial charge on any atom is -0.322 e. The van der Waals surface area contributed by atoms with Crippen LogP contribution in [0, 0.1) is 11.8 Å². The third-order valence-corrected chi connectivity index (χ3v) is 5.08. The summed E-state index contributed by atoms with van der Waals surface area (Å²) in [7, 11) is 0. The molecule has 1 amide bonds. The van der Waals surface area contributed by atoms with Crippen LogP contribution in [0.15, 0.2) is 18.3 Å². The quantitative estimate of drug-likeness (QED) is 0.872. The Morgan fingerprint density at radius 1 is 1.33 bits per heavy atom. The van der Waals surface area contributed by atoms with Crippen molar-refractivity contribution < 1.29 is 4.79 Å². The topological polar surface area (TPSA) is 45.2 Å². The lowest BCUT2D eigenvalue weighted by Gasteiger charge is -2.41. The van der Waals surface area contributed by atoms with Gasteiger partial charge in [0.1, 0.15) is 0 Å². The first-order chi connectivity index (χ1) is 10.2. The van der Waals surface area contributed by atoms with E-state index in [1.165, 1.54) is 32.1 Å². The fourth-order valence-electron chi connectivity index (χ4n) is 3.69. The Morgan fingerprint density at radius 3 is 2.95 bits per heavy atom. The van der Waals surface area contributed by atoms with Gasteiger partial charge in [0.05, 0.1) is 12.2 Å². The van der Waals surface area contributed by atoms with Crippen molar-refractivity contribution in [1.82, 2.24) is 9.88 Å². The molecule has 1 saturated heterocycles. The Hall–Kier alpha value is -1.13. The SMILES string of the molecule is O=C(CN1CC[C@@H]2CCCC[C@@H]2C1)Nc1cccnc1Cl. The van der Waals surface area contributed by atoms with Crippen molar-refractivity contribution in [3.63, 3.8) is 0 Å². The van der Waals surface area contributed by atoms with Gasteiger partial charge in [-0.25, -0.2) is 4.98 Å². The number of halogens is 1. The third-order valence-electron chi connectivity index (χ3n) is 4.78. The van der Waals surface area contributed by atoms with E-state index in [1.807, 2.05) is 0 Å². The fourth-order valence-corrected chi connectivity index (χ4v) is 3.86. The van der Waals surface area contributed by atoms with Crippen molar-refractivity contribution >= 4 is 23.2 Å². The first kappa shape index (κ1) is 14.8. The van der Waals surface area contributed by atoms with E-state index in [1.54, 1.807) is 18.3 Å². The van der Waals surface area contributed by atoms with Crippen LogP contribution in [-0.2, 0) is 4.79 Å². The maximum Gasteiger partial charge on any atom is 0.238 e. The lowest BCUT2D eigenvalue weighted by atomic mass is 9.75. The van der Waals surface area contributed by atoms with Gasteiger partial charge in [-0.05, 0) is 43.4 Å². The number of fused-ring (bicyclic) bond motifs is 1. The maximum atomic E-state index is 12.2. The number of nitrogens with zero attached hydrogens (tertiary/aromatic N) is 2. The highest BCUT2D eigenvalue weighted by Gasteiger charge is 2.31. The van der Waals surface area contributed by atoms with Crippen LogP contribution in [0.25, 0.3) is 0 Å². The van der Waals surface area contributed by atoms with Crippen LogP contribution >= 0.6 is 11.6 Å². The van der Waals surface area contributed by atoms with E-state index in [4.69, 9.17) is 11.6 Å². The lowest BCUT2D eigenvalue weighted by Crippen LogP contribution is -2.44. The summed E-state index contributed by atoms with van der Waals surface area (Å²) in [6.07, 6.45) is 8.32. The fraction of sp³-hybridized carbons (Fsp3) is 0.625. The molecule has 1 aliphatic carbocycles. The van der Waals surface area contributed by atoms with Gasteiger partial charge in [0.25, 0.3) is 0 Å². The van der Waals surface area contributed by atoms with Crippen LogP contribution in [0.3, 0.4) is 0 Å². The molecule has 1 saturated carbocycles. The summed E-state index contributed by atoms with van der Waals surface area (Å²) in [5, 5.41) is 3.20. The first-order valence-corrected chi connectivity index (χ1v) is 8.23. The van der Waals surface area contributed by atoms with E-state index >= 15 is 0 Å². The molecule has 0 spiro atoms. The van der Waals surface area contributed by atoms with Gasteiger partial charge in [-0.2, -0.15) is 0 Å². The Balaban J connectivity index is 1.52. The summed E-state index contributed by atoms with van der Waals surface area (Å²) in [4.78, 5) is 18.4. The Bertz CT molecular complexity index is 508. The van der Waals surface area contributed by atoms with Crippen molar-refractivity contribution in [1.29, 1.82) is 0 Å². The minimum absolute atomic E-state index is 0.000778. The molecular formula is C16H22ClN3O. The summed E-state index contributed by atoms with van der Waals surface area (Å²) in [6.45, 7) is 2.56. The molecule has 2 fully saturated rings. The highest BCUT2D eigenvalue weighted by atomic mass is 35.5. The second-order valence-corrected chi connectivity index (χ2v) is 6.58. The van der Waals surface area contributed by atoms with Crippen LogP contribution < -0.4 is 5.32 Å². The van der Waals surface area contributed by atoms with Crippen LogP contribution in [-0.4, -0.2) is 35.4 Å². The molecule has 2 aliphatic rings. The number of hydrogen-bond acceptors (Lipinski definition) is 3. The largest absolute Gasteiger partial charge is 0.322 e. The number of carbonyl (C=O) groups is 1. The molecule has 0 unspecified atom stereocenters. The van der Waals surface area contributed by atoms with Gasteiger partial charge in [-0.1, -0.05) is 30.9 Å². The molecule has 3 rings (SSSR count). The summed E-state index contributed by atoms with van der Waals surface area (Å²) in [5.74, 6) is 1.69. The van der Waals surface area contributed by atoms with Crippen molar-refractivity contribution in [3.8, 4) is 0 Å². The summed E-state index contributed by atoms with van der Waals surface area (Å²) >= 11 is 5.96. The molecule has 5 heteroatoms. The molecule has 0 bridgehead atoms. The number of hydrogen-bond donors (Lipinski definition) is 1. The van der Waals surface area contributed by atoms with Gasteiger partial charge in [0, 0.05) is 12.7 Å². The molecule has 1 aromatic heterocycles. The van der Waals surface area contributed by atoms with Crippen LogP contribution in [0.1, 0.15) is 32.1 Å². The average Bonchev–Trinajstić information content (AvgIpc) is 2.49. The van der Waals surface area contributed by atoms with Crippen molar-refractivity contribution in [3.05, 3.63) is 23.5 Å². The number of rotatable bonds is 3. The normalized spacial score (nSPS) is 26.1. The van der Waals surface area contributed by atoms with Gasteiger partial charge in [0.2, 0.25) is 5.91 Å². The molecule has 1 aromatic rings. The number of aromatic nitrogens is 1. The Labute approximate surface area is 130 Å². The van der Waals surface area contributed by atoms with Gasteiger partial charge in [0.15, 0.2) is 5.15 Å². The average molecular weight is 308 g/mol. The van der Waals surface area contributed by atoms with Gasteiger partial charge < -0.3 is 5.32 Å². The monoisotopic (exact) mass is 307 g/mol. The summed E-state index contributed by atoms with van der Waals surface area (Å²) in [5.41, 5.74) is 0.594. The van der Waals surface area contributed by atoms with Gasteiger partial charge in [-0.3, -0.25) is 9.69 Å². The van der Waals surface area contributed by atoms with Crippen molar-refractivity contribution in [2.45, 2.75) is 32.1 Å². The van der Waals surface area contributed by atoms with E-state index in [0.29, 0.717) is 17.4 Å². The van der Waals surface area contributed by atoms with Crippen LogP contribution in [0.2, 0.25) is 5.15 Å². The van der Waals surface area contributed by atoms with Crippen molar-refractivity contribution in [2.24, 2.45) is 11.8 Å². The van der Waals surface area contributed by atoms with E-state index in [2.05, 4.69) is 15.2 Å². The molecule has 114 valence electrons. The Morgan fingerprint density at radius 2 is 2.14 bits per heavy atom. The number of amides is 1. The van der Waals surface area contributed by atoms with Crippen LogP contribution in [0.5, 0.6) is 0 Å². The number of nitrogens with one attached hydrogen (secondary N) is 1. The zero-order chi connectivity index (χ0) is 14.7. The lowest BCUT2D eigenvalue weighted by molar-refractivity contribution is -0.118. The predicted molar refractivity (Wildman–Crippen MR) is 84.4 cm³/mol. The highest BCUT2D eigenvalue weighted by Crippen LogP contribution is 2.35. The van der Waals surface area contributed by atoms with Crippen LogP contribution in [0.4, 0.5) is 5.69 Å². The van der Waals surface area contributed by atoms with Gasteiger partial charge >= 0.3 is 0 Å². The second kappa shape index (κ2) is 6.75. The summed E-state index contributed by atoms with van der Waals surface area (Å²) < 4.78 is 0. The number of piperidine rings is 1. The minimum atomic E-state index is -0.000778. The zero-order valence-electron chi connectivity index (χ0n) is 12.2. The number of carbonyl (C=O) groups excluding carboxylic acids is 1. The van der Waals surface area contributed by atoms with Crippen molar-refractivity contribution in [2.75, 3.05) is 25.0 Å². The maximum absolute atomic E-state index is 12.2. The standard InChI is InChI=1S/C16H22ClN3O/c17-16-14(6-3-8-18-16)19-15(21)11-20-9-7-12-4-1-2-5-13(12)10-20/h3,6,8,12-13H,1-2,4-5,7,9-11H2,(H,19,21)/t12-,13+/m0/s1. The number of anilines is 1. The number of pyridine rings is 1. The molecule has 1 N–H and O–H groups in total. The summed E-state index contributed by atoms with van der Waals surface area (Å²) in [6, 6.07) is 3.55. The first-order valence-electron chi connectivity index (χ1n) is 7.85. The number of likely N-dealkylation sites (tertiary alicyclic amines) is 1. The Kier molecular flexibility index (Phi) is 4.76. The van der Waals surface area contributed by atoms with E-state index in [-0.39, 0.29) is 5.91 Å². The predicted octanol–water partition coefficient (Wildman–Crippen LogP) is 3.19. The van der Waals surface area contributed by atoms with E-state index in [9.17, 15) is 4.79 Å². The molecule has 1 aliphatic heterocycles. The molecule has 0 radical (unpaired) electrons. The molecule has 4 nitrogen and oxygen atoms in total. The second-order valence-electron chi connectivity index (χ2n) is 6.22. The molecule has 2 heterocycles. The molecule has 21 heavy (non-hydrogen) atoms. The molecule has 0 aromatic carbocycles. The molecular weight excluding hydrogens is 286 g/mol.